The van der Waals surface area contributed by atoms with Crippen molar-refractivity contribution in [3.8, 4) is 0 Å². The summed E-state index contributed by atoms with van der Waals surface area (Å²) in [5.74, 6) is -0.581. The summed E-state index contributed by atoms with van der Waals surface area (Å²) in [5, 5.41) is 3.43. The van der Waals surface area contributed by atoms with Gasteiger partial charge in [0, 0.05) is 49.1 Å². The minimum absolute atomic E-state index is 0.0885. The molecule has 0 saturated carbocycles. The van der Waals surface area contributed by atoms with Gasteiger partial charge in [0.05, 0.1) is 11.7 Å². The van der Waals surface area contributed by atoms with E-state index < -0.39 is 5.92 Å². The van der Waals surface area contributed by atoms with Crippen molar-refractivity contribution in [1.82, 2.24) is 5.32 Å². The maximum atomic E-state index is 13.6. The lowest BCUT2D eigenvalue weighted by molar-refractivity contribution is -0.144. The van der Waals surface area contributed by atoms with Crippen molar-refractivity contribution >= 4 is 17.4 Å². The number of nitrogens with zero attached hydrogens (tertiary/aromatic N) is 1. The first-order valence-corrected chi connectivity index (χ1v) is 12.1. The number of dihydropyridines is 1. The molecule has 0 unspecified atom stereocenters. The molecule has 5 heteroatoms. The average molecular weight is 459 g/mol. The Morgan fingerprint density at radius 3 is 2.35 bits per heavy atom. The van der Waals surface area contributed by atoms with Crippen LogP contribution < -0.4 is 10.2 Å². The van der Waals surface area contributed by atoms with Crippen molar-refractivity contribution in [3.05, 3.63) is 88.3 Å². The van der Waals surface area contributed by atoms with Gasteiger partial charge in [-0.15, -0.1) is 0 Å². The highest BCUT2D eigenvalue weighted by Crippen LogP contribution is 2.46. The molecule has 2 aliphatic rings. The highest BCUT2D eigenvalue weighted by atomic mass is 16.5. The molecule has 1 N–H and O–H groups in total. The summed E-state index contributed by atoms with van der Waals surface area (Å²) in [5.41, 5.74) is 6.07. The van der Waals surface area contributed by atoms with Gasteiger partial charge in [-0.3, -0.25) is 4.79 Å². The van der Waals surface area contributed by atoms with Gasteiger partial charge >= 0.3 is 5.97 Å². The van der Waals surface area contributed by atoms with E-state index in [1.54, 1.807) is 0 Å². The second-order valence-electron chi connectivity index (χ2n) is 9.54. The van der Waals surface area contributed by atoms with E-state index in [-0.39, 0.29) is 23.8 Å². The molecule has 0 spiro atoms. The molecule has 4 rings (SSSR count). The van der Waals surface area contributed by atoms with Crippen molar-refractivity contribution in [1.29, 1.82) is 0 Å². The van der Waals surface area contributed by atoms with Crippen LogP contribution in [0.4, 0.5) is 5.69 Å². The van der Waals surface area contributed by atoms with E-state index >= 15 is 0 Å². The van der Waals surface area contributed by atoms with Gasteiger partial charge in [-0.05, 0) is 55.9 Å². The average Bonchev–Trinajstić information content (AvgIpc) is 2.83. The number of ketones is 1. The minimum Gasteiger partial charge on any atom is -0.459 e. The molecule has 1 aliphatic carbocycles. The van der Waals surface area contributed by atoms with E-state index in [1.807, 2.05) is 82.2 Å². The first-order chi connectivity index (χ1) is 16.3. The smallest absolute Gasteiger partial charge is 0.337 e. The van der Waals surface area contributed by atoms with Gasteiger partial charge in [0.15, 0.2) is 5.78 Å². The van der Waals surface area contributed by atoms with Gasteiger partial charge in [0.1, 0.15) is 0 Å². The Labute approximate surface area is 202 Å². The minimum atomic E-state index is -0.437. The fourth-order valence-corrected chi connectivity index (χ4v) is 4.90. The highest BCUT2D eigenvalue weighted by Gasteiger charge is 2.41. The summed E-state index contributed by atoms with van der Waals surface area (Å²) in [6, 6.07) is 18.3. The van der Waals surface area contributed by atoms with Crippen LogP contribution in [0.15, 0.2) is 77.1 Å². The fraction of sp³-hybridized carbons (Fsp3) is 0.379. The number of hydrogen-bond donors (Lipinski definition) is 1. The topological polar surface area (TPSA) is 58.6 Å². The van der Waals surface area contributed by atoms with Crippen LogP contribution in [-0.4, -0.2) is 32.0 Å². The number of esters is 1. The quantitative estimate of drug-likeness (QED) is 0.583. The molecule has 178 valence electrons. The lowest BCUT2D eigenvalue weighted by Gasteiger charge is -2.37. The van der Waals surface area contributed by atoms with E-state index in [0.29, 0.717) is 17.6 Å². The van der Waals surface area contributed by atoms with Crippen LogP contribution in [0.2, 0.25) is 0 Å². The van der Waals surface area contributed by atoms with Crippen LogP contribution in [-0.2, 0) is 14.3 Å². The van der Waals surface area contributed by atoms with E-state index in [4.69, 9.17) is 4.74 Å². The maximum absolute atomic E-state index is 13.6. The molecule has 34 heavy (non-hydrogen) atoms. The number of allylic oxidation sites excluding steroid dienone is 3. The number of hydrogen-bond acceptors (Lipinski definition) is 5. The summed E-state index contributed by atoms with van der Waals surface area (Å²) in [6.45, 7) is 5.80. The Hall–Kier alpha value is -3.34. The van der Waals surface area contributed by atoms with Crippen molar-refractivity contribution < 1.29 is 14.3 Å². The third-order valence-corrected chi connectivity index (χ3v) is 6.94. The summed E-state index contributed by atoms with van der Waals surface area (Å²) >= 11 is 0. The fourth-order valence-electron chi connectivity index (χ4n) is 4.90. The van der Waals surface area contributed by atoms with Crippen LogP contribution in [0.3, 0.4) is 0 Å². The zero-order valence-electron chi connectivity index (χ0n) is 20.7. The standard InChI is InChI=1S/C29H34N2O3/c1-6-18(2)34-29(33)26-19(3)30-24-16-22(20-10-8-7-9-11-20)17-25(32)28(24)27(26)21-12-14-23(15-13-21)31(4)5/h7-15,18,22,27,30H,6,16-17H2,1-5H3/t18-,22+,27-/m0/s1. The number of nitrogens with one attached hydrogen (secondary N) is 1. The second-order valence-corrected chi connectivity index (χ2v) is 9.54. The molecular formula is C29H34N2O3. The van der Waals surface area contributed by atoms with Gasteiger partial charge in [0.2, 0.25) is 0 Å². The van der Waals surface area contributed by atoms with Crippen LogP contribution in [0.5, 0.6) is 0 Å². The number of carbonyl (C=O) groups excluding carboxylic acids is 2. The van der Waals surface area contributed by atoms with Gasteiger partial charge in [-0.1, -0.05) is 49.4 Å². The van der Waals surface area contributed by atoms with E-state index in [2.05, 4.69) is 17.4 Å². The number of benzene rings is 2. The third kappa shape index (κ3) is 4.65. The van der Waals surface area contributed by atoms with E-state index in [0.717, 1.165) is 35.5 Å². The predicted octanol–water partition coefficient (Wildman–Crippen LogP) is 5.46. The molecule has 0 bridgehead atoms. The number of rotatable bonds is 6. The lowest BCUT2D eigenvalue weighted by Crippen LogP contribution is -2.36. The largest absolute Gasteiger partial charge is 0.459 e. The molecule has 0 amide bonds. The zero-order valence-corrected chi connectivity index (χ0v) is 20.7. The van der Waals surface area contributed by atoms with Crippen molar-refractivity contribution in [3.63, 3.8) is 0 Å². The molecule has 1 aliphatic heterocycles. The zero-order chi connectivity index (χ0) is 24.4. The maximum Gasteiger partial charge on any atom is 0.337 e. The normalized spacial score (nSPS) is 21.0. The Balaban J connectivity index is 1.78. The Morgan fingerprint density at radius 1 is 1.06 bits per heavy atom. The van der Waals surface area contributed by atoms with Crippen LogP contribution in [0, 0.1) is 0 Å². The number of carbonyl (C=O) groups is 2. The van der Waals surface area contributed by atoms with Gasteiger partial charge < -0.3 is 15.0 Å². The Morgan fingerprint density at radius 2 is 1.74 bits per heavy atom. The summed E-state index contributed by atoms with van der Waals surface area (Å²) in [7, 11) is 3.99. The van der Waals surface area contributed by atoms with Crippen molar-refractivity contribution in [2.75, 3.05) is 19.0 Å². The van der Waals surface area contributed by atoms with Gasteiger partial charge in [-0.25, -0.2) is 4.79 Å². The number of anilines is 1. The molecule has 3 atom stereocenters. The summed E-state index contributed by atoms with van der Waals surface area (Å²) in [6.07, 6.45) is 1.72. The molecule has 2 aromatic carbocycles. The molecule has 2 aromatic rings. The number of ether oxygens (including phenoxy) is 1. The first-order valence-electron chi connectivity index (χ1n) is 12.1. The third-order valence-electron chi connectivity index (χ3n) is 6.94. The molecule has 0 saturated heterocycles. The number of Topliss-reactive ketones (excluding diaryl/α,β-unsaturated/α-hetero) is 1. The summed E-state index contributed by atoms with van der Waals surface area (Å²) < 4.78 is 5.75. The van der Waals surface area contributed by atoms with Crippen molar-refractivity contribution in [2.24, 2.45) is 0 Å². The SMILES string of the molecule is CC[C@H](C)OC(=O)C1=C(C)NC2=C(C(=O)C[C@H](c3ccccc3)C2)[C@H]1c1ccc(N(C)C)cc1. The van der Waals surface area contributed by atoms with Crippen LogP contribution >= 0.6 is 0 Å². The first kappa shape index (κ1) is 23.8. The van der Waals surface area contributed by atoms with Crippen molar-refractivity contribution in [2.45, 2.75) is 58.0 Å². The monoisotopic (exact) mass is 458 g/mol. The predicted molar refractivity (Wildman–Crippen MR) is 136 cm³/mol. The molecule has 1 heterocycles. The van der Waals surface area contributed by atoms with Gasteiger partial charge in [0.25, 0.3) is 0 Å². The summed E-state index contributed by atoms with van der Waals surface area (Å²) in [4.78, 5) is 29.0. The van der Waals surface area contributed by atoms with Crippen LogP contribution in [0.1, 0.15) is 63.0 Å². The molecular weight excluding hydrogens is 424 g/mol. The van der Waals surface area contributed by atoms with E-state index in [1.165, 1.54) is 5.56 Å². The lowest BCUT2D eigenvalue weighted by atomic mass is 9.71. The molecule has 0 radical (unpaired) electrons. The van der Waals surface area contributed by atoms with Gasteiger partial charge in [-0.2, -0.15) is 0 Å². The molecule has 0 fully saturated rings. The van der Waals surface area contributed by atoms with Crippen LogP contribution in [0.25, 0.3) is 0 Å². The highest BCUT2D eigenvalue weighted by molar-refractivity contribution is 6.04. The molecule has 0 aromatic heterocycles. The molecule has 5 nitrogen and oxygen atoms in total. The Kier molecular flexibility index (Phi) is 6.92. The Bertz CT molecular complexity index is 1130. The van der Waals surface area contributed by atoms with E-state index in [9.17, 15) is 9.59 Å². The second kappa shape index (κ2) is 9.88.